The van der Waals surface area contributed by atoms with Gasteiger partial charge in [0.25, 0.3) is 11.6 Å². The Morgan fingerprint density at radius 1 is 1.19 bits per heavy atom. The maximum atomic E-state index is 12.5. The highest BCUT2D eigenvalue weighted by molar-refractivity contribution is 8.01. The Labute approximate surface area is 190 Å². The number of carbonyl (C=O) groups excluding carboxylic acids is 2. The number of anilines is 2. The number of hydrogen-bond acceptors (Lipinski definition) is 8. The molecule has 0 aliphatic rings. The molecule has 2 N–H and O–H groups in total. The zero-order valence-corrected chi connectivity index (χ0v) is 18.7. The lowest BCUT2D eigenvalue weighted by atomic mass is 10.1. The molecule has 0 unspecified atom stereocenters. The first kappa shape index (κ1) is 22.7. The normalized spacial score (nSPS) is 10.5. The number of aromatic nitrogens is 2. The predicted octanol–water partition coefficient (Wildman–Crippen LogP) is 4.70. The van der Waals surface area contributed by atoms with E-state index in [4.69, 9.17) is 11.6 Å². The lowest BCUT2D eigenvalue weighted by molar-refractivity contribution is -0.385. The summed E-state index contributed by atoms with van der Waals surface area (Å²) in [5.41, 5.74) is 1.81. The van der Waals surface area contributed by atoms with Gasteiger partial charge in [0.05, 0.1) is 10.7 Å². The molecule has 0 spiro atoms. The van der Waals surface area contributed by atoms with Gasteiger partial charge in [-0.1, -0.05) is 46.8 Å². The van der Waals surface area contributed by atoms with Crippen LogP contribution in [0.1, 0.15) is 21.5 Å². The van der Waals surface area contributed by atoms with E-state index in [0.29, 0.717) is 15.0 Å². The van der Waals surface area contributed by atoms with Gasteiger partial charge in [0.1, 0.15) is 0 Å². The number of nitro benzene ring substituents is 1. The van der Waals surface area contributed by atoms with Crippen LogP contribution in [0.3, 0.4) is 0 Å². The van der Waals surface area contributed by atoms with Gasteiger partial charge in [0.15, 0.2) is 4.34 Å². The Kier molecular flexibility index (Phi) is 7.21. The lowest BCUT2D eigenvalue weighted by Gasteiger charge is -2.06. The van der Waals surface area contributed by atoms with E-state index in [2.05, 4.69) is 20.8 Å². The van der Waals surface area contributed by atoms with Crippen molar-refractivity contribution in [2.24, 2.45) is 0 Å². The maximum Gasteiger partial charge on any atom is 0.273 e. The molecule has 0 saturated heterocycles. The number of aryl methyl sites for hydroxylation is 1. The smallest absolute Gasteiger partial charge is 0.273 e. The molecule has 0 fully saturated rings. The molecule has 1 heterocycles. The summed E-state index contributed by atoms with van der Waals surface area (Å²) in [6.07, 6.45) is 0. The number of nitrogens with one attached hydrogen (secondary N) is 2. The lowest BCUT2D eigenvalue weighted by Crippen LogP contribution is -2.14. The summed E-state index contributed by atoms with van der Waals surface area (Å²) in [5, 5.41) is 25.0. The van der Waals surface area contributed by atoms with Crippen LogP contribution in [0.2, 0.25) is 5.02 Å². The second-order valence-corrected chi connectivity index (χ2v) is 8.94. The second kappa shape index (κ2) is 9.86. The van der Waals surface area contributed by atoms with Crippen molar-refractivity contribution in [2.45, 2.75) is 18.2 Å². The highest BCUT2D eigenvalue weighted by Crippen LogP contribution is 2.27. The van der Waals surface area contributed by atoms with Crippen LogP contribution < -0.4 is 10.6 Å². The van der Waals surface area contributed by atoms with E-state index in [0.717, 1.165) is 16.9 Å². The van der Waals surface area contributed by atoms with Gasteiger partial charge in [0.2, 0.25) is 11.0 Å². The molecular formula is C19H16ClN5O4S2. The van der Waals surface area contributed by atoms with E-state index < -0.39 is 10.8 Å². The van der Waals surface area contributed by atoms with Crippen molar-refractivity contribution in [1.29, 1.82) is 0 Å². The molecule has 160 valence electrons. The average Bonchev–Trinajstić information content (AvgIpc) is 3.16. The van der Waals surface area contributed by atoms with Crippen molar-refractivity contribution < 1.29 is 14.5 Å². The largest absolute Gasteiger partial charge is 0.325 e. The SMILES string of the molecule is Cc1ccc(NC(=O)CSc2nnc(NC(=O)c3cccc([N+](=O)[O-])c3C)s2)cc1Cl. The van der Waals surface area contributed by atoms with E-state index in [9.17, 15) is 19.7 Å². The fraction of sp³-hybridized carbons (Fsp3) is 0.158. The van der Waals surface area contributed by atoms with Crippen molar-refractivity contribution in [2.75, 3.05) is 16.4 Å². The number of nitrogens with zero attached hydrogens (tertiary/aromatic N) is 3. The Morgan fingerprint density at radius 2 is 1.97 bits per heavy atom. The third-order valence-corrected chi connectivity index (χ3v) is 6.53. The molecule has 31 heavy (non-hydrogen) atoms. The number of hydrogen-bond donors (Lipinski definition) is 2. The maximum absolute atomic E-state index is 12.5. The minimum absolute atomic E-state index is 0.0953. The van der Waals surface area contributed by atoms with E-state index in [-0.39, 0.29) is 33.6 Å². The summed E-state index contributed by atoms with van der Waals surface area (Å²) in [4.78, 5) is 35.1. The highest BCUT2D eigenvalue weighted by Gasteiger charge is 2.19. The minimum Gasteiger partial charge on any atom is -0.325 e. The quantitative estimate of drug-likeness (QED) is 0.218. The van der Waals surface area contributed by atoms with Crippen molar-refractivity contribution in [3.8, 4) is 0 Å². The second-order valence-electron chi connectivity index (χ2n) is 6.33. The predicted molar refractivity (Wildman–Crippen MR) is 121 cm³/mol. The fourth-order valence-corrected chi connectivity index (χ4v) is 4.27. The fourth-order valence-electron chi connectivity index (χ4n) is 2.55. The van der Waals surface area contributed by atoms with Crippen molar-refractivity contribution in [3.05, 3.63) is 68.2 Å². The Hall–Kier alpha value is -3.02. The van der Waals surface area contributed by atoms with E-state index in [1.165, 1.54) is 36.9 Å². The molecule has 2 amide bonds. The van der Waals surface area contributed by atoms with Crippen LogP contribution in [0.5, 0.6) is 0 Å². The molecule has 0 bridgehead atoms. The van der Waals surface area contributed by atoms with Crippen LogP contribution in [0, 0.1) is 24.0 Å². The molecule has 0 atom stereocenters. The number of nitro groups is 1. The number of halogens is 1. The van der Waals surface area contributed by atoms with Gasteiger partial charge in [-0.2, -0.15) is 0 Å². The molecule has 0 saturated carbocycles. The summed E-state index contributed by atoms with van der Waals surface area (Å²) in [6.45, 7) is 3.38. The van der Waals surface area contributed by atoms with E-state index in [1.807, 2.05) is 13.0 Å². The summed E-state index contributed by atoms with van der Waals surface area (Å²) in [5.74, 6) is -0.668. The Balaban J connectivity index is 1.57. The monoisotopic (exact) mass is 477 g/mol. The highest BCUT2D eigenvalue weighted by atomic mass is 35.5. The molecule has 3 rings (SSSR count). The van der Waals surface area contributed by atoms with Gasteiger partial charge in [0, 0.05) is 27.9 Å². The van der Waals surface area contributed by atoms with Crippen molar-refractivity contribution in [3.63, 3.8) is 0 Å². The number of rotatable bonds is 7. The summed E-state index contributed by atoms with van der Waals surface area (Å²) < 4.78 is 0.489. The number of carbonyl (C=O) groups is 2. The van der Waals surface area contributed by atoms with Gasteiger partial charge < -0.3 is 5.32 Å². The Morgan fingerprint density at radius 3 is 2.68 bits per heavy atom. The molecule has 3 aromatic rings. The molecule has 2 aromatic carbocycles. The van der Waals surface area contributed by atoms with Gasteiger partial charge in [-0.3, -0.25) is 25.0 Å². The van der Waals surface area contributed by atoms with Crippen molar-refractivity contribution in [1.82, 2.24) is 10.2 Å². The molecule has 1 aromatic heterocycles. The van der Waals surface area contributed by atoms with Crippen molar-refractivity contribution >= 4 is 63.0 Å². The first-order valence-corrected chi connectivity index (χ1v) is 11.0. The number of amides is 2. The molecule has 9 nitrogen and oxygen atoms in total. The van der Waals surface area contributed by atoms with Crippen LogP contribution in [0.25, 0.3) is 0 Å². The van der Waals surface area contributed by atoms with Gasteiger partial charge in [-0.05, 0) is 37.6 Å². The molecule has 0 radical (unpaired) electrons. The molecule has 12 heteroatoms. The molecule has 0 aliphatic carbocycles. The van der Waals surface area contributed by atoms with Crippen LogP contribution in [-0.2, 0) is 4.79 Å². The molecular weight excluding hydrogens is 462 g/mol. The topological polar surface area (TPSA) is 127 Å². The van der Waals surface area contributed by atoms with E-state index in [1.54, 1.807) is 12.1 Å². The summed E-state index contributed by atoms with van der Waals surface area (Å²) in [6, 6.07) is 9.53. The van der Waals surface area contributed by atoms with Crippen LogP contribution in [0.15, 0.2) is 40.7 Å². The van der Waals surface area contributed by atoms with Crippen LogP contribution in [-0.4, -0.2) is 32.7 Å². The van der Waals surface area contributed by atoms with Crippen LogP contribution >= 0.6 is 34.7 Å². The number of thioether (sulfide) groups is 1. The summed E-state index contributed by atoms with van der Waals surface area (Å²) >= 11 is 8.32. The van der Waals surface area contributed by atoms with Gasteiger partial charge in [-0.25, -0.2) is 0 Å². The average molecular weight is 478 g/mol. The first-order chi connectivity index (χ1) is 14.7. The first-order valence-electron chi connectivity index (χ1n) is 8.82. The number of benzene rings is 2. The third kappa shape index (κ3) is 5.78. The molecule has 0 aliphatic heterocycles. The minimum atomic E-state index is -0.540. The third-order valence-electron chi connectivity index (χ3n) is 4.16. The Bertz CT molecular complexity index is 1170. The van der Waals surface area contributed by atoms with Gasteiger partial charge in [-0.15, -0.1) is 10.2 Å². The zero-order chi connectivity index (χ0) is 22.5. The van der Waals surface area contributed by atoms with Crippen LogP contribution in [0.4, 0.5) is 16.5 Å². The van der Waals surface area contributed by atoms with E-state index >= 15 is 0 Å². The zero-order valence-electron chi connectivity index (χ0n) is 16.3. The standard InChI is InChI=1S/C19H16ClN5O4S2/c1-10-6-7-12(8-14(10)20)21-16(26)9-30-19-24-23-18(31-19)22-17(27)13-4-3-5-15(11(13)2)25(28)29/h3-8H,9H2,1-2H3,(H,21,26)(H,22,23,27). The summed E-state index contributed by atoms with van der Waals surface area (Å²) in [7, 11) is 0. The van der Waals surface area contributed by atoms with Gasteiger partial charge >= 0.3 is 0 Å².